The van der Waals surface area contributed by atoms with Crippen molar-refractivity contribution in [3.8, 4) is 0 Å². The van der Waals surface area contributed by atoms with Crippen LogP contribution in [0.15, 0.2) is 12.1 Å². The first-order valence-electron chi connectivity index (χ1n) is 4.08. The summed E-state index contributed by atoms with van der Waals surface area (Å²) in [4.78, 5) is 1.13. The summed E-state index contributed by atoms with van der Waals surface area (Å²) in [6.45, 7) is 5.03. The summed E-state index contributed by atoms with van der Waals surface area (Å²) in [6, 6.07) is 3.84. The molecule has 2 N–H and O–H groups in total. The Kier molecular flexibility index (Phi) is 3.74. The molecule has 0 atom stereocenters. The highest BCUT2D eigenvalue weighted by Crippen LogP contribution is 2.22. The molecule has 2 nitrogen and oxygen atoms in total. The molecule has 0 bridgehead atoms. The molecule has 13 heavy (non-hydrogen) atoms. The van der Waals surface area contributed by atoms with Crippen LogP contribution in [0.2, 0.25) is 4.34 Å². The molecule has 0 saturated heterocycles. The van der Waals surface area contributed by atoms with Crippen molar-refractivity contribution >= 4 is 22.9 Å². The molecule has 0 saturated carbocycles. The molecule has 0 aliphatic heterocycles. The Balaban J connectivity index is 2.28. The van der Waals surface area contributed by atoms with Crippen LogP contribution in [-0.2, 0) is 11.3 Å². The van der Waals surface area contributed by atoms with Crippen LogP contribution in [0.25, 0.3) is 0 Å². The Morgan fingerprint density at radius 2 is 2.23 bits per heavy atom. The number of halogens is 1. The highest BCUT2D eigenvalue weighted by Gasteiger charge is 2.10. The Morgan fingerprint density at radius 3 is 2.69 bits per heavy atom. The number of thiophene rings is 1. The van der Waals surface area contributed by atoms with Crippen molar-refractivity contribution in [2.24, 2.45) is 5.73 Å². The molecule has 74 valence electrons. The molecule has 0 aromatic carbocycles. The van der Waals surface area contributed by atoms with E-state index in [-0.39, 0.29) is 5.54 Å². The average Bonchev–Trinajstić information content (AvgIpc) is 2.33. The van der Waals surface area contributed by atoms with E-state index in [2.05, 4.69) is 0 Å². The van der Waals surface area contributed by atoms with Gasteiger partial charge in [0.25, 0.3) is 0 Å². The fourth-order valence-corrected chi connectivity index (χ4v) is 1.87. The van der Waals surface area contributed by atoms with Gasteiger partial charge in [-0.3, -0.25) is 0 Å². The first-order valence-corrected chi connectivity index (χ1v) is 5.28. The van der Waals surface area contributed by atoms with Crippen LogP contribution in [-0.4, -0.2) is 12.1 Å². The van der Waals surface area contributed by atoms with E-state index >= 15 is 0 Å². The van der Waals surface area contributed by atoms with Gasteiger partial charge in [-0.25, -0.2) is 0 Å². The zero-order valence-electron chi connectivity index (χ0n) is 7.84. The van der Waals surface area contributed by atoms with Gasteiger partial charge in [-0.2, -0.15) is 0 Å². The largest absolute Gasteiger partial charge is 0.374 e. The fraction of sp³-hybridized carbons (Fsp3) is 0.556. The van der Waals surface area contributed by atoms with Crippen LogP contribution in [0.3, 0.4) is 0 Å². The van der Waals surface area contributed by atoms with Gasteiger partial charge in [-0.15, -0.1) is 11.3 Å². The third kappa shape index (κ3) is 4.62. The van der Waals surface area contributed by atoms with Crippen LogP contribution in [0.1, 0.15) is 18.7 Å². The zero-order valence-corrected chi connectivity index (χ0v) is 9.41. The average molecular weight is 220 g/mol. The molecular weight excluding hydrogens is 206 g/mol. The molecule has 0 aliphatic carbocycles. The quantitative estimate of drug-likeness (QED) is 0.845. The Hall–Kier alpha value is -0.0900. The van der Waals surface area contributed by atoms with Gasteiger partial charge in [-0.1, -0.05) is 11.6 Å². The highest BCUT2D eigenvalue weighted by atomic mass is 35.5. The van der Waals surface area contributed by atoms with E-state index in [0.29, 0.717) is 13.2 Å². The van der Waals surface area contributed by atoms with Crippen molar-refractivity contribution in [3.05, 3.63) is 21.3 Å². The maximum atomic E-state index is 5.77. The summed E-state index contributed by atoms with van der Waals surface area (Å²) in [5.74, 6) is 0. The molecule has 0 unspecified atom stereocenters. The second-order valence-electron chi connectivity index (χ2n) is 3.69. The molecule has 1 heterocycles. The summed E-state index contributed by atoms with van der Waals surface area (Å²) in [6.07, 6.45) is 0. The normalized spacial score (nSPS) is 12.0. The number of hydrogen-bond donors (Lipinski definition) is 1. The van der Waals surface area contributed by atoms with E-state index in [1.807, 2.05) is 26.0 Å². The number of hydrogen-bond acceptors (Lipinski definition) is 3. The van der Waals surface area contributed by atoms with Crippen LogP contribution in [0, 0.1) is 0 Å². The van der Waals surface area contributed by atoms with Crippen LogP contribution >= 0.6 is 22.9 Å². The number of nitrogens with two attached hydrogens (primary N) is 1. The van der Waals surface area contributed by atoms with Gasteiger partial charge < -0.3 is 10.5 Å². The number of rotatable bonds is 4. The number of ether oxygens (including phenoxy) is 1. The SMILES string of the molecule is CC(C)(N)COCc1ccc(Cl)s1. The second-order valence-corrected chi connectivity index (χ2v) is 5.49. The lowest BCUT2D eigenvalue weighted by molar-refractivity contribution is 0.0868. The smallest absolute Gasteiger partial charge is 0.0932 e. The summed E-state index contributed by atoms with van der Waals surface area (Å²) in [7, 11) is 0. The van der Waals surface area contributed by atoms with E-state index in [9.17, 15) is 0 Å². The lowest BCUT2D eigenvalue weighted by Gasteiger charge is -2.17. The van der Waals surface area contributed by atoms with Crippen molar-refractivity contribution in [2.75, 3.05) is 6.61 Å². The van der Waals surface area contributed by atoms with Crippen LogP contribution in [0.5, 0.6) is 0 Å². The van der Waals surface area contributed by atoms with E-state index in [0.717, 1.165) is 9.21 Å². The van der Waals surface area contributed by atoms with Crippen molar-refractivity contribution in [2.45, 2.75) is 26.0 Å². The molecule has 1 aromatic heterocycles. The van der Waals surface area contributed by atoms with Gasteiger partial charge in [0.2, 0.25) is 0 Å². The van der Waals surface area contributed by atoms with Crippen molar-refractivity contribution in [1.82, 2.24) is 0 Å². The zero-order chi connectivity index (χ0) is 9.90. The Morgan fingerprint density at radius 1 is 1.54 bits per heavy atom. The highest BCUT2D eigenvalue weighted by molar-refractivity contribution is 7.16. The standard InChI is InChI=1S/C9H14ClNOS/c1-9(2,11)6-12-5-7-3-4-8(10)13-7/h3-4H,5-6,11H2,1-2H3. The second kappa shape index (κ2) is 4.42. The van der Waals surface area contributed by atoms with Gasteiger partial charge >= 0.3 is 0 Å². The predicted octanol–water partition coefficient (Wildman–Crippen LogP) is 2.66. The molecule has 4 heteroatoms. The molecule has 0 fully saturated rings. The first-order chi connectivity index (χ1) is 5.97. The fourth-order valence-electron chi connectivity index (χ4n) is 0.844. The molecular formula is C9H14ClNOS. The van der Waals surface area contributed by atoms with Gasteiger partial charge in [-0.05, 0) is 26.0 Å². The van der Waals surface area contributed by atoms with Crippen molar-refractivity contribution in [3.63, 3.8) is 0 Å². The molecule has 0 radical (unpaired) electrons. The minimum Gasteiger partial charge on any atom is -0.374 e. The third-order valence-corrected chi connectivity index (χ3v) is 2.55. The van der Waals surface area contributed by atoms with E-state index in [1.54, 1.807) is 0 Å². The lowest BCUT2D eigenvalue weighted by atomic mass is 10.1. The maximum Gasteiger partial charge on any atom is 0.0932 e. The maximum absolute atomic E-state index is 5.77. The molecule has 0 spiro atoms. The monoisotopic (exact) mass is 219 g/mol. The van der Waals surface area contributed by atoms with Crippen molar-refractivity contribution < 1.29 is 4.74 Å². The lowest BCUT2D eigenvalue weighted by Crippen LogP contribution is -2.37. The van der Waals surface area contributed by atoms with Crippen molar-refractivity contribution in [1.29, 1.82) is 0 Å². The molecule has 0 aliphatic rings. The Labute approximate surface area is 87.7 Å². The van der Waals surface area contributed by atoms with Gasteiger partial charge in [0.1, 0.15) is 0 Å². The molecule has 1 rings (SSSR count). The predicted molar refractivity (Wildman–Crippen MR) is 57.3 cm³/mol. The minimum atomic E-state index is -0.263. The van der Waals surface area contributed by atoms with E-state index < -0.39 is 0 Å². The topological polar surface area (TPSA) is 35.2 Å². The summed E-state index contributed by atoms with van der Waals surface area (Å²) in [5, 5.41) is 0. The summed E-state index contributed by atoms with van der Waals surface area (Å²) >= 11 is 7.31. The Bertz CT molecular complexity index is 267. The summed E-state index contributed by atoms with van der Waals surface area (Å²) < 4.78 is 6.22. The third-order valence-electron chi connectivity index (χ3n) is 1.35. The van der Waals surface area contributed by atoms with Crippen LogP contribution in [0.4, 0.5) is 0 Å². The van der Waals surface area contributed by atoms with Gasteiger partial charge in [0.15, 0.2) is 0 Å². The van der Waals surface area contributed by atoms with Crippen LogP contribution < -0.4 is 5.73 Å². The van der Waals surface area contributed by atoms with E-state index in [4.69, 9.17) is 22.1 Å². The van der Waals surface area contributed by atoms with Gasteiger partial charge in [0.05, 0.1) is 17.6 Å². The van der Waals surface area contributed by atoms with Gasteiger partial charge in [0, 0.05) is 10.4 Å². The molecule has 0 amide bonds. The van der Waals surface area contributed by atoms with E-state index in [1.165, 1.54) is 11.3 Å². The summed E-state index contributed by atoms with van der Waals surface area (Å²) in [5.41, 5.74) is 5.49. The first kappa shape index (κ1) is 11.0. The molecule has 1 aromatic rings. The minimum absolute atomic E-state index is 0.263.